The predicted molar refractivity (Wildman–Crippen MR) is 61.9 cm³/mol. The van der Waals surface area contributed by atoms with Crippen LogP contribution in [0.4, 0.5) is 5.95 Å². The highest BCUT2D eigenvalue weighted by Crippen LogP contribution is 2.07. The first-order valence-electron chi connectivity index (χ1n) is 5.47. The number of hydrogen-bond acceptors (Lipinski definition) is 3. The van der Waals surface area contributed by atoms with Gasteiger partial charge in [0.15, 0.2) is 0 Å². The number of anilines is 1. The van der Waals surface area contributed by atoms with E-state index in [2.05, 4.69) is 11.9 Å². The molecule has 1 aromatic heterocycles. The molecule has 84 valence electrons. The number of unbranched alkanes of at least 4 members (excludes halogenated alkanes) is 1. The van der Waals surface area contributed by atoms with Crippen LogP contribution in [-0.2, 0) is 13.0 Å². The second kappa shape index (κ2) is 4.96. The van der Waals surface area contributed by atoms with Crippen LogP contribution >= 0.6 is 0 Å². The van der Waals surface area contributed by atoms with Gasteiger partial charge in [0.2, 0.25) is 5.95 Å². The maximum absolute atomic E-state index is 12.0. The summed E-state index contributed by atoms with van der Waals surface area (Å²) in [4.78, 5) is 16.2. The van der Waals surface area contributed by atoms with Gasteiger partial charge in [0, 0.05) is 17.8 Å². The quantitative estimate of drug-likeness (QED) is 0.817. The average Bonchev–Trinajstić information content (AvgIpc) is 2.17. The molecule has 0 fully saturated rings. The van der Waals surface area contributed by atoms with E-state index in [1.54, 1.807) is 0 Å². The lowest BCUT2D eigenvalue weighted by atomic mass is 10.1. The highest BCUT2D eigenvalue weighted by atomic mass is 16.1. The highest BCUT2D eigenvalue weighted by Gasteiger charge is 2.10. The van der Waals surface area contributed by atoms with E-state index in [-0.39, 0.29) is 5.56 Å². The van der Waals surface area contributed by atoms with E-state index < -0.39 is 0 Å². The molecule has 0 saturated carbocycles. The standard InChI is InChI=1S/C11H19N3O/c1-4-6-7-9-8(3)13-11(12)14(5-2)10(9)15/h4-7H2,1-3H3,(H2,12,13). The number of rotatable bonds is 4. The molecule has 0 bridgehead atoms. The van der Waals surface area contributed by atoms with Crippen LogP contribution in [0.1, 0.15) is 37.9 Å². The number of nitrogen functional groups attached to an aromatic ring is 1. The molecule has 0 atom stereocenters. The fourth-order valence-corrected chi connectivity index (χ4v) is 1.67. The van der Waals surface area contributed by atoms with Crippen molar-refractivity contribution >= 4 is 5.95 Å². The Morgan fingerprint density at radius 2 is 2.07 bits per heavy atom. The Balaban J connectivity index is 3.20. The Morgan fingerprint density at radius 3 is 2.60 bits per heavy atom. The van der Waals surface area contributed by atoms with Crippen LogP contribution in [0.5, 0.6) is 0 Å². The molecule has 2 N–H and O–H groups in total. The molecule has 4 heteroatoms. The van der Waals surface area contributed by atoms with Crippen molar-refractivity contribution in [2.75, 3.05) is 5.73 Å². The van der Waals surface area contributed by atoms with Crippen molar-refractivity contribution in [2.45, 2.75) is 46.6 Å². The normalized spacial score (nSPS) is 10.6. The molecule has 0 aliphatic rings. The number of nitrogens with zero attached hydrogens (tertiary/aromatic N) is 2. The first-order valence-corrected chi connectivity index (χ1v) is 5.47. The number of hydrogen-bond donors (Lipinski definition) is 1. The van der Waals surface area contributed by atoms with E-state index in [0.717, 1.165) is 30.5 Å². The Morgan fingerprint density at radius 1 is 1.40 bits per heavy atom. The van der Waals surface area contributed by atoms with Crippen molar-refractivity contribution < 1.29 is 0 Å². The van der Waals surface area contributed by atoms with Gasteiger partial charge in [0.25, 0.3) is 5.56 Å². The summed E-state index contributed by atoms with van der Waals surface area (Å²) in [7, 11) is 0. The maximum Gasteiger partial charge on any atom is 0.258 e. The van der Waals surface area contributed by atoms with Crippen LogP contribution in [0.25, 0.3) is 0 Å². The maximum atomic E-state index is 12.0. The first-order chi connectivity index (χ1) is 7.11. The molecule has 1 rings (SSSR count). The van der Waals surface area contributed by atoms with Gasteiger partial charge in [-0.1, -0.05) is 13.3 Å². The van der Waals surface area contributed by atoms with Gasteiger partial charge in [-0.25, -0.2) is 4.98 Å². The van der Waals surface area contributed by atoms with Gasteiger partial charge in [-0.2, -0.15) is 0 Å². The average molecular weight is 209 g/mol. The van der Waals surface area contributed by atoms with E-state index in [1.165, 1.54) is 4.57 Å². The molecule has 1 heterocycles. The zero-order chi connectivity index (χ0) is 11.4. The third-order valence-corrected chi connectivity index (χ3v) is 2.60. The Kier molecular flexibility index (Phi) is 3.88. The van der Waals surface area contributed by atoms with E-state index in [0.29, 0.717) is 12.5 Å². The van der Waals surface area contributed by atoms with Gasteiger partial charge in [0.1, 0.15) is 0 Å². The first kappa shape index (κ1) is 11.8. The van der Waals surface area contributed by atoms with Gasteiger partial charge in [0.05, 0.1) is 0 Å². The lowest BCUT2D eigenvalue weighted by molar-refractivity contribution is 0.686. The fourth-order valence-electron chi connectivity index (χ4n) is 1.67. The number of aromatic nitrogens is 2. The lowest BCUT2D eigenvalue weighted by Gasteiger charge is -2.10. The van der Waals surface area contributed by atoms with Gasteiger partial charge in [-0.15, -0.1) is 0 Å². The molecule has 0 saturated heterocycles. The molecule has 1 aromatic rings. The van der Waals surface area contributed by atoms with Gasteiger partial charge >= 0.3 is 0 Å². The van der Waals surface area contributed by atoms with Crippen LogP contribution in [0.15, 0.2) is 4.79 Å². The SMILES string of the molecule is CCCCc1c(C)nc(N)n(CC)c1=O. The fraction of sp³-hybridized carbons (Fsp3) is 0.636. The van der Waals surface area contributed by atoms with Crippen LogP contribution in [-0.4, -0.2) is 9.55 Å². The summed E-state index contributed by atoms with van der Waals surface area (Å²) in [5.74, 6) is 0.320. The number of nitrogens with two attached hydrogens (primary N) is 1. The molecule has 0 aliphatic carbocycles. The zero-order valence-corrected chi connectivity index (χ0v) is 9.71. The van der Waals surface area contributed by atoms with Crippen LogP contribution in [0.3, 0.4) is 0 Å². The monoisotopic (exact) mass is 209 g/mol. The van der Waals surface area contributed by atoms with Crippen LogP contribution < -0.4 is 11.3 Å². The number of aryl methyl sites for hydroxylation is 1. The second-order valence-corrected chi connectivity index (χ2v) is 3.69. The van der Waals surface area contributed by atoms with Gasteiger partial charge < -0.3 is 5.73 Å². The molecular formula is C11H19N3O. The van der Waals surface area contributed by atoms with Crippen LogP contribution in [0, 0.1) is 6.92 Å². The lowest BCUT2D eigenvalue weighted by Crippen LogP contribution is -2.28. The molecule has 0 aliphatic heterocycles. The zero-order valence-electron chi connectivity index (χ0n) is 9.71. The molecule has 0 spiro atoms. The van der Waals surface area contributed by atoms with Gasteiger partial charge in [-0.3, -0.25) is 9.36 Å². The minimum Gasteiger partial charge on any atom is -0.369 e. The Labute approximate surface area is 90.1 Å². The second-order valence-electron chi connectivity index (χ2n) is 3.69. The van der Waals surface area contributed by atoms with Crippen LogP contribution in [0.2, 0.25) is 0 Å². The highest BCUT2D eigenvalue weighted by molar-refractivity contribution is 5.26. The summed E-state index contributed by atoms with van der Waals surface area (Å²) in [6.07, 6.45) is 2.90. The summed E-state index contributed by atoms with van der Waals surface area (Å²) in [6.45, 7) is 6.44. The van der Waals surface area contributed by atoms with Crippen molar-refractivity contribution in [1.29, 1.82) is 0 Å². The molecule has 0 unspecified atom stereocenters. The third kappa shape index (κ3) is 2.37. The smallest absolute Gasteiger partial charge is 0.258 e. The summed E-state index contributed by atoms with van der Waals surface area (Å²) < 4.78 is 1.53. The minimum absolute atomic E-state index is 0.0240. The van der Waals surface area contributed by atoms with Crippen molar-refractivity contribution in [1.82, 2.24) is 9.55 Å². The van der Waals surface area contributed by atoms with Gasteiger partial charge in [-0.05, 0) is 26.7 Å². The molecule has 0 radical (unpaired) electrons. The summed E-state index contributed by atoms with van der Waals surface area (Å²) in [6, 6.07) is 0. The van der Waals surface area contributed by atoms with Crippen molar-refractivity contribution in [3.63, 3.8) is 0 Å². The predicted octanol–water partition coefficient (Wildman–Crippen LogP) is 1.50. The summed E-state index contributed by atoms with van der Waals surface area (Å²) in [5, 5.41) is 0. The largest absolute Gasteiger partial charge is 0.369 e. The van der Waals surface area contributed by atoms with Crippen molar-refractivity contribution in [3.8, 4) is 0 Å². The van der Waals surface area contributed by atoms with E-state index in [1.807, 2.05) is 13.8 Å². The van der Waals surface area contributed by atoms with Crippen molar-refractivity contribution in [3.05, 3.63) is 21.6 Å². The molecule has 15 heavy (non-hydrogen) atoms. The summed E-state index contributed by atoms with van der Waals surface area (Å²) >= 11 is 0. The molecule has 0 aromatic carbocycles. The van der Waals surface area contributed by atoms with E-state index >= 15 is 0 Å². The summed E-state index contributed by atoms with van der Waals surface area (Å²) in [5.41, 5.74) is 7.29. The third-order valence-electron chi connectivity index (χ3n) is 2.60. The Bertz CT molecular complexity index is 396. The Hall–Kier alpha value is -1.32. The topological polar surface area (TPSA) is 60.9 Å². The molecule has 0 amide bonds. The van der Waals surface area contributed by atoms with E-state index in [4.69, 9.17) is 5.73 Å². The molecular weight excluding hydrogens is 190 g/mol. The van der Waals surface area contributed by atoms with E-state index in [9.17, 15) is 4.79 Å². The molecule has 4 nitrogen and oxygen atoms in total. The van der Waals surface area contributed by atoms with Crippen molar-refractivity contribution in [2.24, 2.45) is 0 Å². The minimum atomic E-state index is 0.0240.